The zero-order valence-corrected chi connectivity index (χ0v) is 8.32. The van der Waals surface area contributed by atoms with Gasteiger partial charge in [-0.2, -0.15) is 5.26 Å². The van der Waals surface area contributed by atoms with Crippen LogP contribution in [0.25, 0.3) is 0 Å². The molecule has 0 heterocycles. The third-order valence-corrected chi connectivity index (χ3v) is 2.68. The highest BCUT2D eigenvalue weighted by molar-refractivity contribution is 6.31. The number of rotatable bonds is 1. The first kappa shape index (κ1) is 10.1. The second kappa shape index (κ2) is 3.64. The van der Waals surface area contributed by atoms with Crippen molar-refractivity contribution in [3.63, 3.8) is 0 Å². The molecule has 0 saturated carbocycles. The predicted octanol–water partition coefficient (Wildman–Crippen LogP) is 1.71. The van der Waals surface area contributed by atoms with E-state index in [4.69, 9.17) is 16.9 Å². The minimum Gasteiger partial charge on any atom is -0.300 e. The number of carbonyl (C=O) groups is 2. The number of ketones is 1. The number of hydrogen-bond donors (Lipinski definition) is 1. The molecule has 0 bridgehead atoms. The molecule has 1 atom stereocenters. The Balaban J connectivity index is 2.37. The van der Waals surface area contributed by atoms with Gasteiger partial charge in [-0.15, -0.1) is 0 Å². The summed E-state index contributed by atoms with van der Waals surface area (Å²) in [4.78, 5) is 26.3. The van der Waals surface area contributed by atoms with E-state index in [0.29, 0.717) is 16.1 Å². The van der Waals surface area contributed by atoms with Crippen LogP contribution in [0.15, 0.2) is 18.2 Å². The highest BCUT2D eigenvalue weighted by atomic mass is 35.5. The Morgan fingerprint density at radius 1 is 1.53 bits per heavy atom. The van der Waals surface area contributed by atoms with Gasteiger partial charge in [-0.3, -0.25) is 4.79 Å². The predicted molar refractivity (Wildman–Crippen MR) is 51.7 cm³/mol. The maximum absolute atomic E-state index is 11.7. The summed E-state index contributed by atoms with van der Waals surface area (Å²) in [5, 5.41) is 8.73. The van der Waals surface area contributed by atoms with Crippen LogP contribution < -0.4 is 0 Å². The van der Waals surface area contributed by atoms with Gasteiger partial charge in [-0.1, -0.05) is 11.6 Å². The third-order valence-electron chi connectivity index (χ3n) is 2.45. The zero-order chi connectivity index (χ0) is 11.0. The molecular weight excluding hydrogens is 220 g/mol. The summed E-state index contributed by atoms with van der Waals surface area (Å²) in [5.41, 5.74) is 1.18. The minimum absolute atomic E-state index is 0.230. The van der Waals surface area contributed by atoms with Crippen molar-refractivity contribution >= 4 is 23.4 Å². The topological polar surface area (TPSA) is 63.6 Å². The number of hydrogen-bond acceptors (Lipinski definition) is 4. The van der Waals surface area contributed by atoms with Gasteiger partial charge >= 0.3 is 5.97 Å². The molecule has 1 aromatic carbocycles. The lowest BCUT2D eigenvalue weighted by Gasteiger charge is -2.01. The Kier molecular flexibility index (Phi) is 2.46. The van der Waals surface area contributed by atoms with Crippen LogP contribution >= 0.6 is 11.6 Å². The van der Waals surface area contributed by atoms with Crippen molar-refractivity contribution in [2.24, 2.45) is 5.92 Å². The standard InChI is InChI=1S/C10H7ClO4/c11-6-1-2-7-5(3-6)4-8(9(7)12)10(13)15-14/h1-3,8,14H,4H2/t8-/m1/s1. The molecule has 0 unspecified atom stereocenters. The Labute approximate surface area is 90.3 Å². The van der Waals surface area contributed by atoms with E-state index in [1.807, 2.05) is 0 Å². The molecule has 0 spiro atoms. The molecule has 0 fully saturated rings. The van der Waals surface area contributed by atoms with Crippen molar-refractivity contribution in [3.8, 4) is 0 Å². The fourth-order valence-corrected chi connectivity index (χ4v) is 1.92. The van der Waals surface area contributed by atoms with Gasteiger partial charge in [0.1, 0.15) is 5.92 Å². The summed E-state index contributed by atoms with van der Waals surface area (Å²) in [6.07, 6.45) is 0.230. The molecule has 1 aliphatic rings. The lowest BCUT2D eigenvalue weighted by Crippen LogP contribution is -2.21. The van der Waals surface area contributed by atoms with Gasteiger partial charge in [-0.05, 0) is 30.2 Å². The summed E-state index contributed by atoms with van der Waals surface area (Å²) >= 11 is 5.76. The van der Waals surface area contributed by atoms with Gasteiger partial charge in [0.05, 0.1) is 0 Å². The van der Waals surface area contributed by atoms with Crippen molar-refractivity contribution in [1.29, 1.82) is 0 Å². The summed E-state index contributed by atoms with van der Waals surface area (Å²) in [7, 11) is 0. The van der Waals surface area contributed by atoms with Crippen molar-refractivity contribution in [1.82, 2.24) is 0 Å². The molecule has 78 valence electrons. The van der Waals surface area contributed by atoms with Gasteiger partial charge in [0.2, 0.25) is 0 Å². The molecule has 15 heavy (non-hydrogen) atoms. The molecule has 1 N–H and O–H groups in total. The summed E-state index contributed by atoms with van der Waals surface area (Å²) in [6, 6.07) is 4.80. The normalized spacial score (nSPS) is 18.8. The summed E-state index contributed by atoms with van der Waals surface area (Å²) in [5.74, 6) is -2.20. The Morgan fingerprint density at radius 3 is 2.93 bits per heavy atom. The lowest BCUT2D eigenvalue weighted by atomic mass is 10.1. The maximum Gasteiger partial charge on any atom is 0.353 e. The van der Waals surface area contributed by atoms with Gasteiger partial charge in [-0.25, -0.2) is 4.79 Å². The van der Waals surface area contributed by atoms with Crippen molar-refractivity contribution in [3.05, 3.63) is 34.3 Å². The average molecular weight is 227 g/mol. The smallest absolute Gasteiger partial charge is 0.300 e. The van der Waals surface area contributed by atoms with Gasteiger partial charge in [0.15, 0.2) is 5.78 Å². The fraction of sp³-hybridized carbons (Fsp3) is 0.200. The molecule has 0 amide bonds. The highest BCUT2D eigenvalue weighted by Crippen LogP contribution is 2.29. The first-order valence-corrected chi connectivity index (χ1v) is 4.69. The molecule has 2 rings (SSSR count). The first-order valence-electron chi connectivity index (χ1n) is 4.31. The van der Waals surface area contributed by atoms with Crippen LogP contribution in [0.5, 0.6) is 0 Å². The molecular formula is C10H7ClO4. The molecule has 0 radical (unpaired) electrons. The van der Waals surface area contributed by atoms with Crippen LogP contribution in [0.4, 0.5) is 0 Å². The van der Waals surface area contributed by atoms with Gasteiger partial charge in [0.25, 0.3) is 0 Å². The zero-order valence-electron chi connectivity index (χ0n) is 7.57. The summed E-state index contributed by atoms with van der Waals surface area (Å²) < 4.78 is 0. The maximum atomic E-state index is 11.7. The average Bonchev–Trinajstić information content (AvgIpc) is 2.54. The Hall–Kier alpha value is -1.39. The lowest BCUT2D eigenvalue weighted by molar-refractivity contribution is -0.237. The monoisotopic (exact) mass is 226 g/mol. The van der Waals surface area contributed by atoms with Crippen molar-refractivity contribution < 1.29 is 19.7 Å². The highest BCUT2D eigenvalue weighted by Gasteiger charge is 2.37. The molecule has 5 heteroatoms. The second-order valence-electron chi connectivity index (χ2n) is 3.33. The first-order chi connectivity index (χ1) is 7.13. The van der Waals surface area contributed by atoms with E-state index in [1.54, 1.807) is 18.2 Å². The molecule has 1 aliphatic carbocycles. The molecule has 0 aromatic heterocycles. The number of halogens is 1. The van der Waals surface area contributed by atoms with E-state index in [-0.39, 0.29) is 12.2 Å². The van der Waals surface area contributed by atoms with E-state index in [9.17, 15) is 9.59 Å². The summed E-state index contributed by atoms with van der Waals surface area (Å²) in [6.45, 7) is 0. The van der Waals surface area contributed by atoms with E-state index in [1.165, 1.54) is 0 Å². The molecule has 1 aromatic rings. The van der Waals surface area contributed by atoms with Crippen molar-refractivity contribution in [2.45, 2.75) is 6.42 Å². The SMILES string of the molecule is O=C(OO)[C@@H]1Cc2cc(Cl)ccc2C1=O. The van der Waals surface area contributed by atoms with E-state index in [2.05, 4.69) is 4.89 Å². The van der Waals surface area contributed by atoms with E-state index < -0.39 is 11.9 Å². The van der Waals surface area contributed by atoms with Crippen LogP contribution in [0, 0.1) is 5.92 Å². The Bertz CT molecular complexity index is 441. The molecule has 0 aliphatic heterocycles. The van der Waals surface area contributed by atoms with Gasteiger partial charge < -0.3 is 4.89 Å². The van der Waals surface area contributed by atoms with Crippen LogP contribution in [0.1, 0.15) is 15.9 Å². The van der Waals surface area contributed by atoms with Crippen LogP contribution in [-0.4, -0.2) is 17.0 Å². The van der Waals surface area contributed by atoms with Crippen LogP contribution in [0.2, 0.25) is 5.02 Å². The quantitative estimate of drug-likeness (QED) is 0.450. The number of fused-ring (bicyclic) bond motifs is 1. The van der Waals surface area contributed by atoms with Gasteiger partial charge in [0, 0.05) is 10.6 Å². The third kappa shape index (κ3) is 1.62. The molecule has 4 nitrogen and oxygen atoms in total. The van der Waals surface area contributed by atoms with Crippen molar-refractivity contribution in [2.75, 3.05) is 0 Å². The van der Waals surface area contributed by atoms with Crippen LogP contribution in [-0.2, 0) is 16.1 Å². The number of Topliss-reactive ketones (excluding diaryl/α,β-unsaturated/α-hetero) is 1. The minimum atomic E-state index is -0.941. The second-order valence-corrected chi connectivity index (χ2v) is 3.77. The number of carbonyl (C=O) groups excluding carboxylic acids is 2. The number of benzene rings is 1. The molecule has 0 saturated heterocycles. The fourth-order valence-electron chi connectivity index (χ4n) is 1.73. The largest absolute Gasteiger partial charge is 0.353 e. The Morgan fingerprint density at radius 2 is 2.27 bits per heavy atom. The van der Waals surface area contributed by atoms with Crippen LogP contribution in [0.3, 0.4) is 0 Å². The van der Waals surface area contributed by atoms with E-state index in [0.717, 1.165) is 0 Å². The van der Waals surface area contributed by atoms with E-state index >= 15 is 0 Å².